The minimum Gasteiger partial charge on any atom is -0.382 e. The Labute approximate surface area is 97.1 Å². The summed E-state index contributed by atoms with van der Waals surface area (Å²) in [6.07, 6.45) is 4.25. The van der Waals surface area contributed by atoms with Gasteiger partial charge in [0.25, 0.3) is 0 Å². The van der Waals surface area contributed by atoms with Crippen LogP contribution in [0.2, 0.25) is 5.15 Å². The van der Waals surface area contributed by atoms with Crippen LogP contribution in [0, 0.1) is 12.8 Å². The van der Waals surface area contributed by atoms with Crippen LogP contribution in [0.4, 0.5) is 5.69 Å². The number of aryl methyl sites for hydroxylation is 1. The Hall–Kier alpha value is -0.760. The van der Waals surface area contributed by atoms with Crippen molar-refractivity contribution in [2.45, 2.75) is 33.6 Å². The molecule has 84 valence electrons. The molecule has 0 bridgehead atoms. The van der Waals surface area contributed by atoms with Gasteiger partial charge in [0.05, 0.1) is 5.69 Å². The average Bonchev–Trinajstić information content (AvgIpc) is 2.20. The molecule has 0 aromatic carbocycles. The summed E-state index contributed by atoms with van der Waals surface area (Å²) >= 11 is 5.98. The third-order valence-corrected chi connectivity index (χ3v) is 2.70. The molecule has 2 nitrogen and oxygen atoms in total. The third kappa shape index (κ3) is 4.08. The lowest BCUT2D eigenvalue weighted by Gasteiger charge is -2.13. The van der Waals surface area contributed by atoms with E-state index in [1.807, 2.05) is 13.0 Å². The molecule has 1 aromatic rings. The Kier molecular flexibility index (Phi) is 4.89. The smallest absolute Gasteiger partial charge is 0.152 e. The largest absolute Gasteiger partial charge is 0.382 e. The molecule has 15 heavy (non-hydrogen) atoms. The van der Waals surface area contributed by atoms with Crippen molar-refractivity contribution in [3.8, 4) is 0 Å². The van der Waals surface area contributed by atoms with E-state index in [4.69, 9.17) is 11.6 Å². The van der Waals surface area contributed by atoms with E-state index in [1.165, 1.54) is 12.8 Å². The molecular weight excluding hydrogens is 208 g/mol. The summed E-state index contributed by atoms with van der Waals surface area (Å²) in [5.74, 6) is 0.673. The highest BCUT2D eigenvalue weighted by molar-refractivity contribution is 6.31. The van der Waals surface area contributed by atoms with Gasteiger partial charge in [-0.05, 0) is 30.9 Å². The quantitative estimate of drug-likeness (QED) is 0.771. The topological polar surface area (TPSA) is 24.9 Å². The second-order valence-electron chi connectivity index (χ2n) is 4.13. The fraction of sp³-hybridized carbons (Fsp3) is 0.583. The van der Waals surface area contributed by atoms with Crippen molar-refractivity contribution in [2.24, 2.45) is 5.92 Å². The standard InChI is InChI=1S/C12H19ClN2/c1-4-5-9(2)7-14-11-6-10(3)8-15-12(11)13/h6,8-9,14H,4-5,7H2,1-3H3. The minimum atomic E-state index is 0.560. The van der Waals surface area contributed by atoms with Gasteiger partial charge in [-0.1, -0.05) is 31.9 Å². The highest BCUT2D eigenvalue weighted by Crippen LogP contribution is 2.20. The molecule has 0 aliphatic heterocycles. The molecule has 3 heteroatoms. The number of nitrogens with one attached hydrogen (secondary N) is 1. The fourth-order valence-electron chi connectivity index (χ4n) is 1.56. The third-order valence-electron chi connectivity index (χ3n) is 2.40. The highest BCUT2D eigenvalue weighted by Gasteiger charge is 2.04. The second-order valence-corrected chi connectivity index (χ2v) is 4.48. The van der Waals surface area contributed by atoms with Gasteiger partial charge in [0.1, 0.15) is 0 Å². The zero-order valence-electron chi connectivity index (χ0n) is 9.68. The number of aromatic nitrogens is 1. The van der Waals surface area contributed by atoms with Crippen LogP contribution in [0.3, 0.4) is 0 Å². The normalized spacial score (nSPS) is 12.5. The predicted octanol–water partition coefficient (Wildman–Crippen LogP) is 3.89. The zero-order valence-corrected chi connectivity index (χ0v) is 10.4. The Balaban J connectivity index is 2.53. The summed E-state index contributed by atoms with van der Waals surface area (Å²) in [6, 6.07) is 2.04. The van der Waals surface area contributed by atoms with Gasteiger partial charge >= 0.3 is 0 Å². The van der Waals surface area contributed by atoms with Crippen molar-refractivity contribution in [1.29, 1.82) is 0 Å². The molecule has 0 saturated heterocycles. The van der Waals surface area contributed by atoms with E-state index in [0.717, 1.165) is 17.8 Å². The molecule has 0 fully saturated rings. The first-order valence-corrected chi connectivity index (χ1v) is 5.87. The van der Waals surface area contributed by atoms with E-state index in [1.54, 1.807) is 6.20 Å². The molecule has 0 amide bonds. The molecule has 0 aliphatic carbocycles. The summed E-state index contributed by atoms with van der Waals surface area (Å²) in [5, 5.41) is 3.90. The van der Waals surface area contributed by atoms with Crippen molar-refractivity contribution in [2.75, 3.05) is 11.9 Å². The Morgan fingerprint density at radius 1 is 1.53 bits per heavy atom. The summed E-state index contributed by atoms with van der Waals surface area (Å²) in [7, 11) is 0. The Morgan fingerprint density at radius 2 is 2.27 bits per heavy atom. The molecule has 1 aromatic heterocycles. The van der Waals surface area contributed by atoms with Gasteiger partial charge in [0.2, 0.25) is 0 Å². The maximum absolute atomic E-state index is 5.98. The van der Waals surface area contributed by atoms with E-state index < -0.39 is 0 Å². The maximum atomic E-state index is 5.98. The van der Waals surface area contributed by atoms with Crippen molar-refractivity contribution in [3.05, 3.63) is 23.0 Å². The van der Waals surface area contributed by atoms with Crippen molar-refractivity contribution in [3.63, 3.8) is 0 Å². The van der Waals surface area contributed by atoms with Crippen LogP contribution in [0.1, 0.15) is 32.3 Å². The van der Waals surface area contributed by atoms with Gasteiger partial charge < -0.3 is 5.32 Å². The molecule has 1 atom stereocenters. The number of hydrogen-bond donors (Lipinski definition) is 1. The molecule has 0 radical (unpaired) electrons. The van der Waals surface area contributed by atoms with Crippen LogP contribution in [0.15, 0.2) is 12.3 Å². The molecular formula is C12H19ClN2. The maximum Gasteiger partial charge on any atom is 0.152 e. The van der Waals surface area contributed by atoms with E-state index in [2.05, 4.69) is 24.1 Å². The van der Waals surface area contributed by atoms with Gasteiger partial charge in [-0.15, -0.1) is 0 Å². The van der Waals surface area contributed by atoms with Gasteiger partial charge in [0.15, 0.2) is 5.15 Å². The van der Waals surface area contributed by atoms with Crippen LogP contribution < -0.4 is 5.32 Å². The van der Waals surface area contributed by atoms with Gasteiger partial charge in [-0.2, -0.15) is 0 Å². The first-order chi connectivity index (χ1) is 7.13. The number of halogens is 1. The summed E-state index contributed by atoms with van der Waals surface area (Å²) in [5.41, 5.74) is 2.07. The van der Waals surface area contributed by atoms with Crippen LogP contribution >= 0.6 is 11.6 Å². The lowest BCUT2D eigenvalue weighted by Crippen LogP contribution is -2.11. The number of hydrogen-bond acceptors (Lipinski definition) is 2. The van der Waals surface area contributed by atoms with Crippen LogP contribution in [0.5, 0.6) is 0 Å². The van der Waals surface area contributed by atoms with Crippen molar-refractivity contribution in [1.82, 2.24) is 4.98 Å². The molecule has 1 rings (SSSR count). The number of nitrogens with zero attached hydrogens (tertiary/aromatic N) is 1. The van der Waals surface area contributed by atoms with E-state index in [0.29, 0.717) is 11.1 Å². The number of pyridine rings is 1. The molecule has 0 saturated carbocycles. The molecule has 1 heterocycles. The predicted molar refractivity (Wildman–Crippen MR) is 66.5 cm³/mol. The first-order valence-electron chi connectivity index (χ1n) is 5.49. The van der Waals surface area contributed by atoms with E-state index in [-0.39, 0.29) is 0 Å². The number of rotatable bonds is 5. The molecule has 1 unspecified atom stereocenters. The lowest BCUT2D eigenvalue weighted by molar-refractivity contribution is 0.550. The highest BCUT2D eigenvalue weighted by atomic mass is 35.5. The summed E-state index contributed by atoms with van der Waals surface area (Å²) in [6.45, 7) is 7.42. The minimum absolute atomic E-state index is 0.560. The average molecular weight is 227 g/mol. The lowest BCUT2D eigenvalue weighted by atomic mass is 10.1. The summed E-state index contributed by atoms with van der Waals surface area (Å²) in [4.78, 5) is 4.11. The zero-order chi connectivity index (χ0) is 11.3. The van der Waals surface area contributed by atoms with Gasteiger partial charge in [-0.25, -0.2) is 4.98 Å². The SMILES string of the molecule is CCCC(C)CNc1cc(C)cnc1Cl. The van der Waals surface area contributed by atoms with E-state index >= 15 is 0 Å². The summed E-state index contributed by atoms with van der Waals surface area (Å²) < 4.78 is 0. The van der Waals surface area contributed by atoms with Crippen LogP contribution in [-0.2, 0) is 0 Å². The fourth-order valence-corrected chi connectivity index (χ4v) is 1.73. The van der Waals surface area contributed by atoms with Gasteiger partial charge in [0, 0.05) is 12.7 Å². The molecule has 1 N–H and O–H groups in total. The van der Waals surface area contributed by atoms with E-state index in [9.17, 15) is 0 Å². The van der Waals surface area contributed by atoms with Crippen molar-refractivity contribution >= 4 is 17.3 Å². The molecule has 0 spiro atoms. The monoisotopic (exact) mass is 226 g/mol. The number of anilines is 1. The van der Waals surface area contributed by atoms with Gasteiger partial charge in [-0.3, -0.25) is 0 Å². The first kappa shape index (κ1) is 12.3. The molecule has 0 aliphatic rings. The van der Waals surface area contributed by atoms with Crippen LogP contribution in [-0.4, -0.2) is 11.5 Å². The Bertz CT molecular complexity index is 312. The Morgan fingerprint density at radius 3 is 2.93 bits per heavy atom. The second kappa shape index (κ2) is 5.96. The van der Waals surface area contributed by atoms with Crippen LogP contribution in [0.25, 0.3) is 0 Å². The van der Waals surface area contributed by atoms with Crippen molar-refractivity contribution < 1.29 is 0 Å².